The number of nitrogens with zero attached hydrogens (tertiary/aromatic N) is 2. The molecule has 0 radical (unpaired) electrons. The fourth-order valence-electron chi connectivity index (χ4n) is 2.15. The van der Waals surface area contributed by atoms with E-state index in [1.54, 1.807) is 0 Å². The third-order valence-electron chi connectivity index (χ3n) is 3.23. The molecule has 0 bridgehead atoms. The van der Waals surface area contributed by atoms with Gasteiger partial charge in [-0.15, -0.1) is 0 Å². The SMILES string of the molecule is CC1(C)[C@H](Br)CSc2nc3ccccc3n21. The molecule has 1 aliphatic heterocycles. The highest BCUT2D eigenvalue weighted by Gasteiger charge is 2.37. The van der Waals surface area contributed by atoms with Crippen molar-refractivity contribution in [2.75, 3.05) is 5.75 Å². The lowest BCUT2D eigenvalue weighted by molar-refractivity contribution is 0.336. The second kappa shape index (κ2) is 3.50. The number of rotatable bonds is 0. The highest BCUT2D eigenvalue weighted by Crippen LogP contribution is 2.41. The Bertz CT molecular complexity index is 547. The Morgan fingerprint density at radius 2 is 2.19 bits per heavy atom. The number of thioether (sulfide) groups is 1. The Balaban J connectivity index is 2.35. The molecule has 2 heterocycles. The zero-order valence-corrected chi connectivity index (χ0v) is 11.7. The van der Waals surface area contributed by atoms with Crippen LogP contribution in [-0.2, 0) is 5.54 Å². The van der Waals surface area contributed by atoms with E-state index in [2.05, 4.69) is 57.5 Å². The molecular formula is C12H13BrN2S. The molecule has 2 aromatic rings. The van der Waals surface area contributed by atoms with Crippen molar-refractivity contribution in [3.63, 3.8) is 0 Å². The van der Waals surface area contributed by atoms with Gasteiger partial charge in [0.1, 0.15) is 0 Å². The monoisotopic (exact) mass is 296 g/mol. The van der Waals surface area contributed by atoms with Gasteiger partial charge in [-0.05, 0) is 26.0 Å². The zero-order valence-electron chi connectivity index (χ0n) is 9.27. The minimum Gasteiger partial charge on any atom is -0.312 e. The fraction of sp³-hybridized carbons (Fsp3) is 0.417. The highest BCUT2D eigenvalue weighted by molar-refractivity contribution is 9.09. The van der Waals surface area contributed by atoms with E-state index < -0.39 is 0 Å². The van der Waals surface area contributed by atoms with E-state index in [0.29, 0.717) is 4.83 Å². The number of fused-ring (bicyclic) bond motifs is 3. The van der Waals surface area contributed by atoms with Gasteiger partial charge in [-0.3, -0.25) is 0 Å². The molecule has 1 aromatic heterocycles. The van der Waals surface area contributed by atoms with Crippen LogP contribution in [0.5, 0.6) is 0 Å². The molecular weight excluding hydrogens is 284 g/mol. The number of hydrogen-bond donors (Lipinski definition) is 0. The van der Waals surface area contributed by atoms with E-state index in [0.717, 1.165) is 16.4 Å². The summed E-state index contributed by atoms with van der Waals surface area (Å²) in [7, 11) is 0. The van der Waals surface area contributed by atoms with Gasteiger partial charge in [0.05, 0.1) is 16.6 Å². The molecule has 0 saturated heterocycles. The third kappa shape index (κ3) is 1.36. The van der Waals surface area contributed by atoms with Gasteiger partial charge in [-0.2, -0.15) is 0 Å². The van der Waals surface area contributed by atoms with E-state index >= 15 is 0 Å². The van der Waals surface area contributed by atoms with Crippen LogP contribution >= 0.6 is 27.7 Å². The van der Waals surface area contributed by atoms with Crippen LogP contribution in [0.3, 0.4) is 0 Å². The summed E-state index contributed by atoms with van der Waals surface area (Å²) in [6, 6.07) is 8.36. The molecule has 0 unspecified atom stereocenters. The molecule has 84 valence electrons. The average Bonchev–Trinajstić information content (AvgIpc) is 2.63. The van der Waals surface area contributed by atoms with Crippen molar-refractivity contribution in [1.29, 1.82) is 0 Å². The molecule has 0 N–H and O–H groups in total. The van der Waals surface area contributed by atoms with Crippen molar-refractivity contribution < 1.29 is 0 Å². The normalized spacial score (nSPS) is 23.3. The zero-order chi connectivity index (χ0) is 11.3. The number of aromatic nitrogens is 2. The standard InChI is InChI=1S/C12H13BrN2S/c1-12(2)10(13)7-16-11-14-8-5-3-4-6-9(8)15(11)12/h3-6,10H,7H2,1-2H3/t10-/m1/s1. The van der Waals surface area contributed by atoms with E-state index in [-0.39, 0.29) is 5.54 Å². The van der Waals surface area contributed by atoms with Gasteiger partial charge in [0.15, 0.2) is 5.16 Å². The van der Waals surface area contributed by atoms with Crippen molar-refractivity contribution in [3.8, 4) is 0 Å². The molecule has 0 spiro atoms. The van der Waals surface area contributed by atoms with Gasteiger partial charge < -0.3 is 4.57 Å². The van der Waals surface area contributed by atoms with Crippen molar-refractivity contribution in [3.05, 3.63) is 24.3 Å². The van der Waals surface area contributed by atoms with Crippen molar-refractivity contribution in [2.45, 2.75) is 29.4 Å². The molecule has 1 aromatic carbocycles. The van der Waals surface area contributed by atoms with Gasteiger partial charge in [-0.1, -0.05) is 39.8 Å². The quantitative estimate of drug-likeness (QED) is 0.691. The summed E-state index contributed by atoms with van der Waals surface area (Å²) in [5.41, 5.74) is 2.41. The number of alkyl halides is 1. The van der Waals surface area contributed by atoms with Crippen LogP contribution in [0.15, 0.2) is 29.4 Å². The fourth-order valence-corrected chi connectivity index (χ4v) is 4.08. The summed E-state index contributed by atoms with van der Waals surface area (Å²) in [4.78, 5) is 5.17. The van der Waals surface area contributed by atoms with Gasteiger partial charge in [-0.25, -0.2) is 4.98 Å². The number of imidazole rings is 1. The smallest absolute Gasteiger partial charge is 0.169 e. The van der Waals surface area contributed by atoms with E-state index in [1.165, 1.54) is 5.52 Å². The average molecular weight is 297 g/mol. The Hall–Kier alpha value is -0.480. The molecule has 0 fully saturated rings. The molecule has 0 aliphatic carbocycles. The molecule has 0 saturated carbocycles. The van der Waals surface area contributed by atoms with Gasteiger partial charge in [0.25, 0.3) is 0 Å². The van der Waals surface area contributed by atoms with Crippen LogP contribution in [0.2, 0.25) is 0 Å². The second-order valence-corrected chi connectivity index (χ2v) is 6.74. The summed E-state index contributed by atoms with van der Waals surface area (Å²) >= 11 is 5.61. The summed E-state index contributed by atoms with van der Waals surface area (Å²) in [6.45, 7) is 4.54. The first kappa shape index (κ1) is 10.7. The van der Waals surface area contributed by atoms with E-state index in [9.17, 15) is 0 Å². The lowest BCUT2D eigenvalue weighted by Gasteiger charge is -2.37. The largest absolute Gasteiger partial charge is 0.312 e. The van der Waals surface area contributed by atoms with Crippen molar-refractivity contribution >= 4 is 38.7 Å². The van der Waals surface area contributed by atoms with Gasteiger partial charge in [0, 0.05) is 10.6 Å². The van der Waals surface area contributed by atoms with Gasteiger partial charge in [0.2, 0.25) is 0 Å². The second-order valence-electron chi connectivity index (χ2n) is 4.65. The van der Waals surface area contributed by atoms with Crippen LogP contribution in [0, 0.1) is 0 Å². The van der Waals surface area contributed by atoms with Crippen LogP contribution in [0.25, 0.3) is 11.0 Å². The minimum atomic E-state index is 0.0800. The summed E-state index contributed by atoms with van der Waals surface area (Å²) in [6.07, 6.45) is 0. The lowest BCUT2D eigenvalue weighted by Crippen LogP contribution is -2.40. The Kier molecular flexibility index (Phi) is 2.33. The maximum Gasteiger partial charge on any atom is 0.169 e. The molecule has 2 nitrogen and oxygen atoms in total. The maximum atomic E-state index is 4.69. The number of hydrogen-bond acceptors (Lipinski definition) is 2. The number of halogens is 1. The molecule has 0 amide bonds. The molecule has 1 atom stereocenters. The van der Waals surface area contributed by atoms with Crippen LogP contribution in [-0.4, -0.2) is 20.1 Å². The maximum absolute atomic E-state index is 4.69. The first-order valence-corrected chi connectivity index (χ1v) is 7.25. The first-order valence-electron chi connectivity index (χ1n) is 5.35. The Morgan fingerprint density at radius 1 is 1.44 bits per heavy atom. The van der Waals surface area contributed by atoms with Crippen LogP contribution in [0.4, 0.5) is 0 Å². The third-order valence-corrected chi connectivity index (χ3v) is 6.14. The Labute approximate surface area is 108 Å². The van der Waals surface area contributed by atoms with Crippen LogP contribution in [0.1, 0.15) is 13.8 Å². The van der Waals surface area contributed by atoms with Crippen molar-refractivity contribution in [1.82, 2.24) is 9.55 Å². The van der Waals surface area contributed by atoms with E-state index in [4.69, 9.17) is 0 Å². The summed E-state index contributed by atoms with van der Waals surface area (Å²) < 4.78 is 2.36. The van der Waals surface area contributed by atoms with Crippen molar-refractivity contribution in [2.24, 2.45) is 0 Å². The highest BCUT2D eigenvalue weighted by atomic mass is 79.9. The molecule has 3 rings (SSSR count). The lowest BCUT2D eigenvalue weighted by atomic mass is 10.0. The number of benzene rings is 1. The minimum absolute atomic E-state index is 0.0800. The molecule has 16 heavy (non-hydrogen) atoms. The topological polar surface area (TPSA) is 17.8 Å². The number of para-hydroxylation sites is 2. The van der Waals surface area contributed by atoms with E-state index in [1.807, 2.05) is 17.8 Å². The predicted molar refractivity (Wildman–Crippen MR) is 72.5 cm³/mol. The summed E-state index contributed by atoms with van der Waals surface area (Å²) in [5.74, 6) is 1.08. The molecule has 4 heteroatoms. The summed E-state index contributed by atoms with van der Waals surface area (Å²) in [5, 5.41) is 1.14. The first-order chi connectivity index (χ1) is 7.60. The Morgan fingerprint density at radius 3 is 3.00 bits per heavy atom. The van der Waals surface area contributed by atoms with Gasteiger partial charge >= 0.3 is 0 Å². The molecule has 1 aliphatic rings. The predicted octanol–water partition coefficient (Wildman–Crippen LogP) is 3.64. The van der Waals surface area contributed by atoms with Crippen LogP contribution < -0.4 is 0 Å².